The minimum Gasteiger partial charge on any atom is -0.482 e. The molecule has 24 heavy (non-hydrogen) atoms. The number of halogens is 3. The SMILES string of the molecule is O=C(COc1ccc(Br)cc1Cl)NCCSCc1ccccc1F. The van der Waals surface area contributed by atoms with Crippen molar-refractivity contribution in [1.29, 1.82) is 0 Å². The summed E-state index contributed by atoms with van der Waals surface area (Å²) in [5.74, 6) is 1.31. The molecule has 128 valence electrons. The van der Waals surface area contributed by atoms with Gasteiger partial charge in [0.1, 0.15) is 11.6 Å². The lowest BCUT2D eigenvalue weighted by Crippen LogP contribution is -2.30. The largest absolute Gasteiger partial charge is 0.482 e. The van der Waals surface area contributed by atoms with Crippen LogP contribution in [0.3, 0.4) is 0 Å². The maximum Gasteiger partial charge on any atom is 0.257 e. The van der Waals surface area contributed by atoms with E-state index in [1.807, 2.05) is 6.07 Å². The van der Waals surface area contributed by atoms with Gasteiger partial charge in [-0.1, -0.05) is 45.7 Å². The molecule has 0 aliphatic carbocycles. The lowest BCUT2D eigenvalue weighted by Gasteiger charge is -2.09. The first-order valence-electron chi connectivity index (χ1n) is 7.22. The molecule has 0 bridgehead atoms. The molecule has 0 radical (unpaired) electrons. The van der Waals surface area contributed by atoms with Gasteiger partial charge < -0.3 is 10.1 Å². The average Bonchev–Trinajstić information content (AvgIpc) is 2.55. The zero-order valence-electron chi connectivity index (χ0n) is 12.7. The molecule has 0 aliphatic heterocycles. The molecule has 1 N–H and O–H groups in total. The number of ether oxygens (including phenoxy) is 1. The Labute approximate surface area is 158 Å². The Kier molecular flexibility index (Phi) is 7.88. The number of carbonyl (C=O) groups is 1. The van der Waals surface area contributed by atoms with Gasteiger partial charge in [-0.3, -0.25) is 4.79 Å². The van der Waals surface area contributed by atoms with E-state index in [1.54, 1.807) is 42.1 Å². The lowest BCUT2D eigenvalue weighted by atomic mass is 10.2. The molecule has 0 unspecified atom stereocenters. The fraction of sp³-hybridized carbons (Fsp3) is 0.235. The van der Waals surface area contributed by atoms with Gasteiger partial charge in [-0.25, -0.2) is 4.39 Å². The third-order valence-corrected chi connectivity index (χ3v) is 4.83. The average molecular weight is 433 g/mol. The van der Waals surface area contributed by atoms with E-state index in [-0.39, 0.29) is 18.3 Å². The monoisotopic (exact) mass is 431 g/mol. The fourth-order valence-corrected chi connectivity index (χ4v) is 3.42. The van der Waals surface area contributed by atoms with E-state index < -0.39 is 0 Å². The molecule has 0 aromatic heterocycles. The predicted octanol–water partition coefficient (Wildman–Crippen LogP) is 4.67. The fourth-order valence-electron chi connectivity index (χ4n) is 1.85. The summed E-state index contributed by atoms with van der Waals surface area (Å²) in [4.78, 5) is 11.7. The highest BCUT2D eigenvalue weighted by molar-refractivity contribution is 9.10. The van der Waals surface area contributed by atoms with Crippen LogP contribution >= 0.6 is 39.3 Å². The number of rotatable bonds is 8. The normalized spacial score (nSPS) is 10.5. The molecular formula is C17H16BrClFNO2S. The second-order valence-corrected chi connectivity index (χ2v) is 7.29. The predicted molar refractivity (Wildman–Crippen MR) is 100 cm³/mol. The number of thioether (sulfide) groups is 1. The van der Waals surface area contributed by atoms with Crippen LogP contribution < -0.4 is 10.1 Å². The van der Waals surface area contributed by atoms with E-state index >= 15 is 0 Å². The quantitative estimate of drug-likeness (QED) is 0.616. The van der Waals surface area contributed by atoms with Gasteiger partial charge in [0.05, 0.1) is 5.02 Å². The van der Waals surface area contributed by atoms with E-state index in [4.69, 9.17) is 16.3 Å². The molecule has 2 aromatic rings. The van der Waals surface area contributed by atoms with Gasteiger partial charge in [-0.05, 0) is 29.8 Å². The van der Waals surface area contributed by atoms with Crippen LogP contribution in [0.15, 0.2) is 46.9 Å². The van der Waals surface area contributed by atoms with Crippen LogP contribution in [0, 0.1) is 5.82 Å². The number of hydrogen-bond donors (Lipinski definition) is 1. The van der Waals surface area contributed by atoms with Crippen LogP contribution in [-0.4, -0.2) is 24.8 Å². The van der Waals surface area contributed by atoms with E-state index in [1.165, 1.54) is 6.07 Å². The Morgan fingerprint density at radius 2 is 2.08 bits per heavy atom. The topological polar surface area (TPSA) is 38.3 Å². The van der Waals surface area contributed by atoms with Crippen LogP contribution in [-0.2, 0) is 10.5 Å². The van der Waals surface area contributed by atoms with Crippen molar-refractivity contribution in [3.05, 3.63) is 63.3 Å². The molecule has 0 fully saturated rings. The molecule has 7 heteroatoms. The van der Waals surface area contributed by atoms with Crippen molar-refractivity contribution >= 4 is 45.2 Å². The van der Waals surface area contributed by atoms with Crippen LogP contribution in [0.2, 0.25) is 5.02 Å². The van der Waals surface area contributed by atoms with Gasteiger partial charge in [0, 0.05) is 22.5 Å². The van der Waals surface area contributed by atoms with Gasteiger partial charge in [0.25, 0.3) is 5.91 Å². The summed E-state index contributed by atoms with van der Waals surface area (Å²) >= 11 is 10.9. The molecule has 0 atom stereocenters. The van der Waals surface area contributed by atoms with E-state index in [9.17, 15) is 9.18 Å². The maximum atomic E-state index is 13.4. The van der Waals surface area contributed by atoms with Crippen molar-refractivity contribution < 1.29 is 13.9 Å². The van der Waals surface area contributed by atoms with Gasteiger partial charge in [0.15, 0.2) is 6.61 Å². The highest BCUT2D eigenvalue weighted by Crippen LogP contribution is 2.27. The zero-order chi connectivity index (χ0) is 17.4. The molecule has 2 aromatic carbocycles. The van der Waals surface area contributed by atoms with Gasteiger partial charge in [-0.15, -0.1) is 0 Å². The summed E-state index contributed by atoms with van der Waals surface area (Å²) in [5, 5.41) is 3.20. The summed E-state index contributed by atoms with van der Waals surface area (Å²) < 4.78 is 19.7. The summed E-state index contributed by atoms with van der Waals surface area (Å²) in [5.41, 5.74) is 0.669. The van der Waals surface area contributed by atoms with Crippen molar-refractivity contribution in [2.24, 2.45) is 0 Å². The van der Waals surface area contributed by atoms with Gasteiger partial charge in [0.2, 0.25) is 0 Å². The highest BCUT2D eigenvalue weighted by atomic mass is 79.9. The number of carbonyl (C=O) groups excluding carboxylic acids is 1. The van der Waals surface area contributed by atoms with Crippen molar-refractivity contribution in [1.82, 2.24) is 5.32 Å². The molecule has 0 spiro atoms. The molecule has 1 amide bonds. The van der Waals surface area contributed by atoms with Crippen molar-refractivity contribution in [3.63, 3.8) is 0 Å². The third kappa shape index (κ3) is 6.34. The van der Waals surface area contributed by atoms with E-state index in [0.29, 0.717) is 34.4 Å². The van der Waals surface area contributed by atoms with Crippen molar-refractivity contribution in [2.75, 3.05) is 18.9 Å². The second kappa shape index (κ2) is 9.91. The summed E-state index contributed by atoms with van der Waals surface area (Å²) in [7, 11) is 0. The molecule has 0 saturated heterocycles. The van der Waals surface area contributed by atoms with Crippen LogP contribution in [0.25, 0.3) is 0 Å². The third-order valence-electron chi connectivity index (χ3n) is 3.04. The molecule has 0 heterocycles. The number of benzene rings is 2. The highest BCUT2D eigenvalue weighted by Gasteiger charge is 2.06. The minimum atomic E-state index is -0.222. The Hall–Kier alpha value is -1.24. The smallest absolute Gasteiger partial charge is 0.257 e. The summed E-state index contributed by atoms with van der Waals surface area (Å²) in [6, 6.07) is 11.9. The van der Waals surface area contributed by atoms with Crippen LogP contribution in [0.1, 0.15) is 5.56 Å². The maximum absolute atomic E-state index is 13.4. The molecule has 3 nitrogen and oxygen atoms in total. The van der Waals surface area contributed by atoms with E-state index in [2.05, 4.69) is 21.2 Å². The Morgan fingerprint density at radius 1 is 1.29 bits per heavy atom. The van der Waals surface area contributed by atoms with Gasteiger partial charge >= 0.3 is 0 Å². The van der Waals surface area contributed by atoms with Gasteiger partial charge in [-0.2, -0.15) is 11.8 Å². The number of hydrogen-bond acceptors (Lipinski definition) is 3. The lowest BCUT2D eigenvalue weighted by molar-refractivity contribution is -0.122. The first-order chi connectivity index (χ1) is 11.6. The molecular weight excluding hydrogens is 417 g/mol. The first kappa shape index (κ1) is 19.1. The summed E-state index contributed by atoms with van der Waals surface area (Å²) in [6.45, 7) is 0.398. The zero-order valence-corrected chi connectivity index (χ0v) is 15.9. The minimum absolute atomic E-state index is 0.0979. The standard InChI is InChI=1S/C17H16BrClFNO2S/c18-13-5-6-16(14(19)9-13)23-10-17(22)21-7-8-24-11-12-3-1-2-4-15(12)20/h1-6,9H,7-8,10-11H2,(H,21,22). The molecule has 0 aliphatic rings. The molecule has 0 saturated carbocycles. The second-order valence-electron chi connectivity index (χ2n) is 4.86. The Balaban J connectivity index is 1.62. The summed E-state index contributed by atoms with van der Waals surface area (Å²) in [6.07, 6.45) is 0. The number of amides is 1. The first-order valence-corrected chi connectivity index (χ1v) is 9.54. The van der Waals surface area contributed by atoms with Crippen molar-refractivity contribution in [3.8, 4) is 5.75 Å². The van der Waals surface area contributed by atoms with E-state index in [0.717, 1.165) is 4.47 Å². The van der Waals surface area contributed by atoms with Crippen LogP contribution in [0.5, 0.6) is 5.75 Å². The number of nitrogens with one attached hydrogen (secondary N) is 1. The Bertz CT molecular complexity index is 702. The molecule has 2 rings (SSSR count). The van der Waals surface area contributed by atoms with Crippen LogP contribution in [0.4, 0.5) is 4.39 Å². The Morgan fingerprint density at radius 3 is 2.83 bits per heavy atom. The van der Waals surface area contributed by atoms with Crippen molar-refractivity contribution in [2.45, 2.75) is 5.75 Å².